The summed E-state index contributed by atoms with van der Waals surface area (Å²) in [4.78, 5) is 0. The molecule has 0 saturated heterocycles. The number of hydrogen-bond donors (Lipinski definition) is 2. The molecule has 3 heteroatoms. The number of nitrogens with one attached hydrogen (secondary N) is 1. The topological polar surface area (TPSA) is 59.1 Å². The van der Waals surface area contributed by atoms with Gasteiger partial charge >= 0.3 is 0 Å². The molecule has 0 radical (unpaired) electrons. The Hall–Kier alpha value is -0.570. The predicted molar refractivity (Wildman–Crippen MR) is 60.6 cm³/mol. The third kappa shape index (κ3) is 8.05. The molecule has 0 aromatic carbocycles. The first-order valence-electron chi connectivity index (χ1n) is 5.50. The highest BCUT2D eigenvalue weighted by atomic mass is 16.5. The molecule has 0 saturated carbocycles. The third-order valence-electron chi connectivity index (χ3n) is 2.18. The van der Waals surface area contributed by atoms with E-state index in [0.29, 0.717) is 6.42 Å². The number of hydrogen-bond acceptors (Lipinski definition) is 2. The maximum Gasteiger partial charge on any atom is 0.0931 e. The van der Waals surface area contributed by atoms with E-state index >= 15 is 0 Å². The highest BCUT2D eigenvalue weighted by Gasteiger charge is 2.07. The Kier molecular flexibility index (Phi) is 7.48. The number of nitrogens with two attached hydrogens (primary N) is 1. The lowest BCUT2D eigenvalue weighted by Gasteiger charge is -2.15. The number of amidine groups is 1. The summed E-state index contributed by atoms with van der Waals surface area (Å²) in [7, 11) is 0. The zero-order valence-corrected chi connectivity index (χ0v) is 9.68. The van der Waals surface area contributed by atoms with Gasteiger partial charge in [-0.05, 0) is 25.2 Å². The van der Waals surface area contributed by atoms with E-state index in [2.05, 4.69) is 20.8 Å². The van der Waals surface area contributed by atoms with Crippen LogP contribution in [0.5, 0.6) is 0 Å². The first-order chi connectivity index (χ1) is 6.56. The Morgan fingerprint density at radius 1 is 1.43 bits per heavy atom. The van der Waals surface area contributed by atoms with Gasteiger partial charge in [-0.15, -0.1) is 0 Å². The molecule has 0 heterocycles. The van der Waals surface area contributed by atoms with Crippen molar-refractivity contribution < 1.29 is 4.74 Å². The molecule has 84 valence electrons. The van der Waals surface area contributed by atoms with Crippen LogP contribution in [0.1, 0.15) is 46.5 Å². The molecule has 0 rings (SSSR count). The molecule has 1 unspecified atom stereocenters. The van der Waals surface area contributed by atoms with Gasteiger partial charge in [0.25, 0.3) is 0 Å². The van der Waals surface area contributed by atoms with Crippen LogP contribution in [0, 0.1) is 11.3 Å². The summed E-state index contributed by atoms with van der Waals surface area (Å²) in [6.07, 6.45) is 3.95. The van der Waals surface area contributed by atoms with E-state index in [1.807, 2.05) is 0 Å². The summed E-state index contributed by atoms with van der Waals surface area (Å²) in [6, 6.07) is 0. The molecule has 0 aromatic heterocycles. The Morgan fingerprint density at radius 3 is 2.50 bits per heavy atom. The van der Waals surface area contributed by atoms with Crippen molar-refractivity contribution >= 4 is 5.84 Å². The van der Waals surface area contributed by atoms with E-state index in [-0.39, 0.29) is 11.9 Å². The van der Waals surface area contributed by atoms with E-state index in [4.69, 9.17) is 15.9 Å². The second-order valence-electron chi connectivity index (χ2n) is 4.17. The Morgan fingerprint density at radius 2 is 2.07 bits per heavy atom. The quantitative estimate of drug-likeness (QED) is 0.359. The van der Waals surface area contributed by atoms with Crippen molar-refractivity contribution in [2.24, 2.45) is 11.7 Å². The maximum absolute atomic E-state index is 7.17. The van der Waals surface area contributed by atoms with Crippen LogP contribution in [-0.4, -0.2) is 18.5 Å². The smallest absolute Gasteiger partial charge is 0.0931 e. The summed E-state index contributed by atoms with van der Waals surface area (Å²) in [5, 5.41) is 7.17. The fourth-order valence-electron chi connectivity index (χ4n) is 1.31. The summed E-state index contributed by atoms with van der Waals surface area (Å²) in [5.74, 6) is 0.965. The van der Waals surface area contributed by atoms with Crippen molar-refractivity contribution in [1.29, 1.82) is 5.41 Å². The van der Waals surface area contributed by atoms with Gasteiger partial charge in [-0.3, -0.25) is 5.41 Å². The number of ether oxygens (including phenoxy) is 1. The summed E-state index contributed by atoms with van der Waals surface area (Å²) < 4.78 is 5.63. The van der Waals surface area contributed by atoms with Gasteiger partial charge in [-0.2, -0.15) is 0 Å². The van der Waals surface area contributed by atoms with Crippen molar-refractivity contribution in [3.05, 3.63) is 0 Å². The zero-order valence-electron chi connectivity index (χ0n) is 9.68. The fourth-order valence-corrected chi connectivity index (χ4v) is 1.31. The lowest BCUT2D eigenvalue weighted by Crippen LogP contribution is -2.22. The van der Waals surface area contributed by atoms with Crippen molar-refractivity contribution in [1.82, 2.24) is 0 Å². The van der Waals surface area contributed by atoms with Gasteiger partial charge in [0, 0.05) is 13.0 Å². The molecular weight excluding hydrogens is 176 g/mol. The minimum absolute atomic E-state index is 0.139. The van der Waals surface area contributed by atoms with E-state index < -0.39 is 0 Å². The maximum atomic E-state index is 7.17. The van der Waals surface area contributed by atoms with Crippen molar-refractivity contribution in [2.45, 2.75) is 52.6 Å². The predicted octanol–water partition coefficient (Wildman–Crippen LogP) is 2.54. The molecular formula is C11H24N2O. The average molecular weight is 200 g/mol. The molecule has 0 aliphatic carbocycles. The van der Waals surface area contributed by atoms with E-state index in [1.54, 1.807) is 0 Å². The van der Waals surface area contributed by atoms with E-state index in [1.165, 1.54) is 6.42 Å². The minimum Gasteiger partial charge on any atom is -0.388 e. The average Bonchev–Trinajstić information content (AvgIpc) is 2.09. The SMILES string of the molecule is CCC(CC(=N)N)OCCCC(C)C. The first-order valence-corrected chi connectivity index (χ1v) is 5.50. The molecule has 0 amide bonds. The molecule has 3 N–H and O–H groups in total. The molecule has 0 fully saturated rings. The van der Waals surface area contributed by atoms with Gasteiger partial charge in [-0.1, -0.05) is 20.8 Å². The van der Waals surface area contributed by atoms with Crippen LogP contribution in [0.25, 0.3) is 0 Å². The Bertz CT molecular complexity index is 157. The second kappa shape index (κ2) is 7.80. The zero-order chi connectivity index (χ0) is 11.0. The molecule has 0 aromatic rings. The van der Waals surface area contributed by atoms with Gasteiger partial charge in [0.05, 0.1) is 11.9 Å². The number of rotatable bonds is 8. The van der Waals surface area contributed by atoms with Crippen molar-refractivity contribution in [3.63, 3.8) is 0 Å². The van der Waals surface area contributed by atoms with Gasteiger partial charge in [-0.25, -0.2) is 0 Å². The van der Waals surface area contributed by atoms with Crippen LogP contribution < -0.4 is 5.73 Å². The van der Waals surface area contributed by atoms with E-state index in [0.717, 1.165) is 25.4 Å². The van der Waals surface area contributed by atoms with Crippen LogP contribution in [-0.2, 0) is 4.74 Å². The molecule has 0 bridgehead atoms. The van der Waals surface area contributed by atoms with Gasteiger partial charge in [0.15, 0.2) is 0 Å². The third-order valence-corrected chi connectivity index (χ3v) is 2.18. The molecule has 0 spiro atoms. The Balaban J connectivity index is 3.47. The molecule has 1 atom stereocenters. The first kappa shape index (κ1) is 13.4. The van der Waals surface area contributed by atoms with Crippen LogP contribution in [0.2, 0.25) is 0 Å². The molecule has 0 aliphatic heterocycles. The summed E-state index contributed by atoms with van der Waals surface area (Å²) >= 11 is 0. The van der Waals surface area contributed by atoms with Crippen molar-refractivity contribution in [3.8, 4) is 0 Å². The Labute approximate surface area is 87.5 Å². The van der Waals surface area contributed by atoms with Gasteiger partial charge < -0.3 is 10.5 Å². The van der Waals surface area contributed by atoms with Crippen LogP contribution in [0.4, 0.5) is 0 Å². The van der Waals surface area contributed by atoms with Crippen LogP contribution >= 0.6 is 0 Å². The lowest BCUT2D eigenvalue weighted by atomic mass is 10.1. The standard InChI is InChI=1S/C11H24N2O/c1-4-10(8-11(12)13)14-7-5-6-9(2)3/h9-10H,4-8H2,1-3H3,(H3,12,13). The molecule has 0 aliphatic rings. The minimum atomic E-state index is 0.139. The van der Waals surface area contributed by atoms with Crippen LogP contribution in [0.15, 0.2) is 0 Å². The molecule has 3 nitrogen and oxygen atoms in total. The van der Waals surface area contributed by atoms with Gasteiger partial charge in [0.2, 0.25) is 0 Å². The van der Waals surface area contributed by atoms with E-state index in [9.17, 15) is 0 Å². The highest BCUT2D eigenvalue weighted by Crippen LogP contribution is 2.07. The summed E-state index contributed by atoms with van der Waals surface area (Å²) in [6.45, 7) is 7.29. The second-order valence-corrected chi connectivity index (χ2v) is 4.17. The highest BCUT2D eigenvalue weighted by molar-refractivity contribution is 5.77. The normalized spacial score (nSPS) is 13.1. The van der Waals surface area contributed by atoms with Gasteiger partial charge in [0.1, 0.15) is 0 Å². The molecule has 14 heavy (non-hydrogen) atoms. The lowest BCUT2D eigenvalue weighted by molar-refractivity contribution is 0.0516. The van der Waals surface area contributed by atoms with Crippen molar-refractivity contribution in [2.75, 3.05) is 6.61 Å². The van der Waals surface area contributed by atoms with Crippen LogP contribution in [0.3, 0.4) is 0 Å². The largest absolute Gasteiger partial charge is 0.388 e. The monoisotopic (exact) mass is 200 g/mol. The summed E-state index contributed by atoms with van der Waals surface area (Å²) in [5.41, 5.74) is 5.32. The fraction of sp³-hybridized carbons (Fsp3) is 0.909.